The second kappa shape index (κ2) is 5.02. The van der Waals surface area contributed by atoms with Crippen LogP contribution in [0.3, 0.4) is 0 Å². The molecular weight excluding hydrogens is 219 g/mol. The van der Waals surface area contributed by atoms with Crippen molar-refractivity contribution in [2.45, 2.75) is 25.4 Å². The van der Waals surface area contributed by atoms with Crippen LogP contribution in [0, 0.1) is 5.82 Å². The van der Waals surface area contributed by atoms with E-state index in [0.29, 0.717) is 12.3 Å². The summed E-state index contributed by atoms with van der Waals surface area (Å²) >= 11 is 0. The van der Waals surface area contributed by atoms with Crippen molar-refractivity contribution in [1.29, 1.82) is 0 Å². The number of para-hydroxylation sites is 1. The molecule has 2 N–H and O–H groups in total. The lowest BCUT2D eigenvalue weighted by Gasteiger charge is -2.29. The van der Waals surface area contributed by atoms with Crippen molar-refractivity contribution in [2.75, 3.05) is 25.2 Å². The fourth-order valence-corrected chi connectivity index (χ4v) is 2.28. The Morgan fingerprint density at radius 1 is 1.53 bits per heavy atom. The third-order valence-electron chi connectivity index (χ3n) is 3.31. The number of nitrogens with zero attached hydrogens (tertiary/aromatic N) is 1. The van der Waals surface area contributed by atoms with Crippen molar-refractivity contribution in [3.8, 4) is 0 Å². The van der Waals surface area contributed by atoms with E-state index in [4.69, 9.17) is 10.5 Å². The third-order valence-corrected chi connectivity index (χ3v) is 3.31. The summed E-state index contributed by atoms with van der Waals surface area (Å²) in [4.78, 5) is 1.96. The number of anilines is 1. The van der Waals surface area contributed by atoms with Gasteiger partial charge >= 0.3 is 0 Å². The molecule has 2 unspecified atom stereocenters. The van der Waals surface area contributed by atoms with Gasteiger partial charge < -0.3 is 15.4 Å². The zero-order valence-corrected chi connectivity index (χ0v) is 10.3. The fraction of sp³-hybridized carbons (Fsp3) is 0.538. The Balaban J connectivity index is 2.35. The number of benzene rings is 1. The molecule has 0 saturated carbocycles. The molecule has 1 aromatic carbocycles. The van der Waals surface area contributed by atoms with Crippen LogP contribution in [-0.4, -0.2) is 26.3 Å². The van der Waals surface area contributed by atoms with Gasteiger partial charge in [-0.1, -0.05) is 12.1 Å². The number of hydrogen-bond acceptors (Lipinski definition) is 3. The van der Waals surface area contributed by atoms with E-state index in [1.807, 2.05) is 24.9 Å². The molecule has 0 aliphatic carbocycles. The molecule has 0 radical (unpaired) electrons. The Morgan fingerprint density at radius 3 is 2.88 bits per heavy atom. The van der Waals surface area contributed by atoms with Gasteiger partial charge in [-0.3, -0.25) is 0 Å². The molecule has 2 rings (SSSR count). The maximum atomic E-state index is 14.0. The van der Waals surface area contributed by atoms with E-state index < -0.39 is 0 Å². The van der Waals surface area contributed by atoms with E-state index in [2.05, 4.69) is 0 Å². The number of likely N-dealkylation sites (N-methyl/N-ethyl adjacent to an activating group) is 1. The normalized spacial score (nSPS) is 21.5. The number of halogens is 1. The number of hydrogen-bond donors (Lipinski definition) is 1. The molecule has 1 heterocycles. The van der Waals surface area contributed by atoms with Gasteiger partial charge in [-0.15, -0.1) is 0 Å². The monoisotopic (exact) mass is 238 g/mol. The van der Waals surface area contributed by atoms with Crippen LogP contribution in [0.2, 0.25) is 0 Å². The van der Waals surface area contributed by atoms with Crippen LogP contribution in [0.15, 0.2) is 18.2 Å². The van der Waals surface area contributed by atoms with Gasteiger partial charge in [0, 0.05) is 19.7 Å². The summed E-state index contributed by atoms with van der Waals surface area (Å²) in [6, 6.07) is 5.13. The van der Waals surface area contributed by atoms with E-state index >= 15 is 0 Å². The molecule has 0 bridgehead atoms. The average molecular weight is 238 g/mol. The minimum Gasteiger partial charge on any atom is -0.379 e. The minimum absolute atomic E-state index is 0.175. The molecular formula is C13H19FN2O. The first-order valence-electron chi connectivity index (χ1n) is 5.96. The molecule has 1 saturated heterocycles. The van der Waals surface area contributed by atoms with E-state index in [0.717, 1.165) is 18.6 Å². The van der Waals surface area contributed by atoms with Crippen molar-refractivity contribution < 1.29 is 9.13 Å². The lowest BCUT2D eigenvalue weighted by molar-refractivity contribution is 0.193. The molecule has 1 aromatic rings. The third kappa shape index (κ3) is 2.42. The van der Waals surface area contributed by atoms with Gasteiger partial charge in [0.25, 0.3) is 0 Å². The zero-order chi connectivity index (χ0) is 12.4. The summed E-state index contributed by atoms with van der Waals surface area (Å²) in [5.41, 5.74) is 7.35. The zero-order valence-electron chi connectivity index (χ0n) is 10.3. The SMILES string of the molecule is CC(N)c1cccc(F)c1N(C)C1CCOC1. The smallest absolute Gasteiger partial charge is 0.146 e. The molecule has 4 heteroatoms. The summed E-state index contributed by atoms with van der Waals surface area (Å²) in [7, 11) is 1.91. The number of ether oxygens (including phenoxy) is 1. The Labute approximate surface area is 101 Å². The minimum atomic E-state index is -0.214. The van der Waals surface area contributed by atoms with Gasteiger partial charge in [-0.25, -0.2) is 4.39 Å². The maximum Gasteiger partial charge on any atom is 0.146 e. The Hall–Kier alpha value is -1.13. The second-order valence-electron chi connectivity index (χ2n) is 4.59. The topological polar surface area (TPSA) is 38.5 Å². The predicted octanol–water partition coefficient (Wildman–Crippen LogP) is 2.07. The molecule has 3 nitrogen and oxygen atoms in total. The lowest BCUT2D eigenvalue weighted by Crippen LogP contribution is -2.33. The highest BCUT2D eigenvalue weighted by Gasteiger charge is 2.25. The van der Waals surface area contributed by atoms with Gasteiger partial charge in [-0.05, 0) is 25.0 Å². The first-order valence-corrected chi connectivity index (χ1v) is 5.96. The van der Waals surface area contributed by atoms with Crippen molar-refractivity contribution in [1.82, 2.24) is 0 Å². The first kappa shape index (κ1) is 12.3. The summed E-state index contributed by atoms with van der Waals surface area (Å²) in [5.74, 6) is -0.214. The highest BCUT2D eigenvalue weighted by molar-refractivity contribution is 5.56. The highest BCUT2D eigenvalue weighted by Crippen LogP contribution is 2.30. The summed E-state index contributed by atoms with van der Waals surface area (Å²) in [5, 5.41) is 0. The fourth-order valence-electron chi connectivity index (χ4n) is 2.28. The van der Waals surface area contributed by atoms with E-state index in [9.17, 15) is 4.39 Å². The van der Waals surface area contributed by atoms with Crippen molar-refractivity contribution in [3.05, 3.63) is 29.6 Å². The summed E-state index contributed by atoms with van der Waals surface area (Å²) in [6.45, 7) is 3.28. The van der Waals surface area contributed by atoms with Gasteiger partial charge in [0.05, 0.1) is 18.3 Å². The molecule has 0 amide bonds. The quantitative estimate of drug-likeness (QED) is 0.876. The van der Waals surface area contributed by atoms with Crippen LogP contribution in [0.1, 0.15) is 24.9 Å². The average Bonchev–Trinajstić information content (AvgIpc) is 2.81. The number of rotatable bonds is 3. The van der Waals surface area contributed by atoms with Crippen LogP contribution in [0.25, 0.3) is 0 Å². The van der Waals surface area contributed by atoms with Crippen LogP contribution in [-0.2, 0) is 4.74 Å². The van der Waals surface area contributed by atoms with Gasteiger partial charge in [-0.2, -0.15) is 0 Å². The molecule has 1 aliphatic rings. The lowest BCUT2D eigenvalue weighted by atomic mass is 10.0. The van der Waals surface area contributed by atoms with E-state index in [-0.39, 0.29) is 17.9 Å². The highest BCUT2D eigenvalue weighted by atomic mass is 19.1. The van der Waals surface area contributed by atoms with Gasteiger partial charge in [0.1, 0.15) is 5.82 Å². The maximum absolute atomic E-state index is 14.0. The van der Waals surface area contributed by atoms with Crippen molar-refractivity contribution in [2.24, 2.45) is 5.73 Å². The summed E-state index contributed by atoms with van der Waals surface area (Å²) in [6.07, 6.45) is 0.934. The van der Waals surface area contributed by atoms with Crippen LogP contribution >= 0.6 is 0 Å². The largest absolute Gasteiger partial charge is 0.379 e. The van der Waals surface area contributed by atoms with Gasteiger partial charge in [0.15, 0.2) is 0 Å². The molecule has 2 atom stereocenters. The molecule has 0 aromatic heterocycles. The molecule has 1 fully saturated rings. The summed E-state index contributed by atoms with van der Waals surface area (Å²) < 4.78 is 19.3. The van der Waals surface area contributed by atoms with Gasteiger partial charge in [0.2, 0.25) is 0 Å². The Bertz CT molecular complexity index is 389. The molecule has 0 spiro atoms. The Kier molecular flexibility index (Phi) is 3.64. The molecule has 94 valence electrons. The Morgan fingerprint density at radius 2 is 2.29 bits per heavy atom. The van der Waals surface area contributed by atoms with Crippen molar-refractivity contribution >= 4 is 5.69 Å². The van der Waals surface area contributed by atoms with E-state index in [1.54, 1.807) is 6.07 Å². The number of nitrogens with two attached hydrogens (primary N) is 1. The standard InChI is InChI=1S/C13H19FN2O/c1-9(15)11-4-3-5-12(14)13(11)16(2)10-6-7-17-8-10/h3-5,9-10H,6-8,15H2,1-2H3. The second-order valence-corrected chi connectivity index (χ2v) is 4.59. The predicted molar refractivity (Wildman–Crippen MR) is 66.6 cm³/mol. The van der Waals surface area contributed by atoms with Crippen LogP contribution in [0.5, 0.6) is 0 Å². The van der Waals surface area contributed by atoms with Crippen molar-refractivity contribution in [3.63, 3.8) is 0 Å². The van der Waals surface area contributed by atoms with E-state index in [1.165, 1.54) is 6.07 Å². The van der Waals surface area contributed by atoms with Crippen LogP contribution in [0.4, 0.5) is 10.1 Å². The molecule has 1 aliphatic heterocycles. The first-order chi connectivity index (χ1) is 8.11. The molecule has 17 heavy (non-hydrogen) atoms. The van der Waals surface area contributed by atoms with Crippen LogP contribution < -0.4 is 10.6 Å².